The Hall–Kier alpha value is -1.14. The highest BCUT2D eigenvalue weighted by Gasteiger charge is 2.15. The molecule has 1 aromatic rings. The average Bonchev–Trinajstić information content (AvgIpc) is 2.83. The van der Waals surface area contributed by atoms with Crippen LogP contribution in [0, 0.1) is 5.92 Å². The fourth-order valence-corrected chi connectivity index (χ4v) is 1.72. The van der Waals surface area contributed by atoms with Crippen molar-refractivity contribution in [1.29, 1.82) is 0 Å². The Labute approximate surface area is 115 Å². The molecule has 110 valence electrons. The molecule has 0 atom stereocenters. The monoisotopic (exact) mass is 270 g/mol. The summed E-state index contributed by atoms with van der Waals surface area (Å²) in [5, 5.41) is 11.4. The second kappa shape index (κ2) is 8.87. The molecule has 0 fully saturated rings. The van der Waals surface area contributed by atoms with E-state index in [1.807, 2.05) is 0 Å². The molecule has 0 aliphatic rings. The second-order valence-electron chi connectivity index (χ2n) is 4.99. The molecular formula is C13H26N4O2. The van der Waals surface area contributed by atoms with Gasteiger partial charge in [-0.2, -0.15) is 0 Å². The topological polar surface area (TPSA) is 63.4 Å². The van der Waals surface area contributed by atoms with Crippen LogP contribution in [-0.2, 0) is 11.3 Å². The molecule has 0 saturated heterocycles. The molecule has 0 saturated carbocycles. The number of anilines is 1. The summed E-state index contributed by atoms with van der Waals surface area (Å²) in [5.74, 6) is 1.17. The largest absolute Gasteiger partial charge is 0.407 e. The molecule has 0 bridgehead atoms. The van der Waals surface area contributed by atoms with Crippen molar-refractivity contribution in [3.8, 4) is 0 Å². The first-order valence-corrected chi connectivity index (χ1v) is 6.94. The van der Waals surface area contributed by atoms with E-state index in [1.54, 1.807) is 7.11 Å². The predicted octanol–water partition coefficient (Wildman–Crippen LogP) is 1.68. The summed E-state index contributed by atoms with van der Waals surface area (Å²) in [7, 11) is 1.70. The van der Waals surface area contributed by atoms with E-state index >= 15 is 0 Å². The second-order valence-corrected chi connectivity index (χ2v) is 4.99. The third-order valence-corrected chi connectivity index (χ3v) is 2.58. The highest BCUT2D eigenvalue weighted by atomic mass is 16.5. The Morgan fingerprint density at radius 1 is 1.37 bits per heavy atom. The maximum Gasteiger partial charge on any atom is 0.318 e. The van der Waals surface area contributed by atoms with Crippen LogP contribution < -0.4 is 10.2 Å². The lowest BCUT2D eigenvalue weighted by Gasteiger charge is -2.21. The van der Waals surface area contributed by atoms with Gasteiger partial charge in [-0.25, -0.2) is 0 Å². The molecule has 1 N–H and O–H groups in total. The first-order valence-electron chi connectivity index (χ1n) is 6.94. The third kappa shape index (κ3) is 6.02. The van der Waals surface area contributed by atoms with Gasteiger partial charge in [0.05, 0.1) is 13.2 Å². The van der Waals surface area contributed by atoms with Crippen molar-refractivity contribution in [2.24, 2.45) is 5.92 Å². The fourth-order valence-electron chi connectivity index (χ4n) is 1.72. The van der Waals surface area contributed by atoms with Crippen LogP contribution >= 0.6 is 0 Å². The van der Waals surface area contributed by atoms with Crippen molar-refractivity contribution in [3.63, 3.8) is 0 Å². The number of ether oxygens (including phenoxy) is 1. The summed E-state index contributed by atoms with van der Waals surface area (Å²) in [6.07, 6.45) is 1.09. The van der Waals surface area contributed by atoms with Crippen molar-refractivity contribution in [3.05, 3.63) is 5.89 Å². The molecule has 0 spiro atoms. The van der Waals surface area contributed by atoms with Gasteiger partial charge in [-0.3, -0.25) is 0 Å². The van der Waals surface area contributed by atoms with Gasteiger partial charge >= 0.3 is 6.01 Å². The lowest BCUT2D eigenvalue weighted by Crippen LogP contribution is -2.31. The van der Waals surface area contributed by atoms with E-state index in [1.165, 1.54) is 0 Å². The number of rotatable bonds is 10. The Kier molecular flexibility index (Phi) is 7.43. The molecule has 6 heteroatoms. The zero-order chi connectivity index (χ0) is 14.1. The van der Waals surface area contributed by atoms with Crippen LogP contribution in [0.4, 0.5) is 6.01 Å². The number of nitrogens with zero attached hydrogens (tertiary/aromatic N) is 3. The van der Waals surface area contributed by atoms with E-state index in [9.17, 15) is 0 Å². The SMILES string of the molecule is CCCNCc1nnc(N(CCOC)CC(C)C)o1. The Morgan fingerprint density at radius 2 is 2.16 bits per heavy atom. The highest BCUT2D eigenvalue weighted by molar-refractivity contribution is 5.23. The van der Waals surface area contributed by atoms with Gasteiger partial charge in [0.15, 0.2) is 0 Å². The molecule has 1 rings (SSSR count). The molecule has 0 aliphatic heterocycles. The molecule has 1 heterocycles. The van der Waals surface area contributed by atoms with Crippen LogP contribution in [-0.4, -0.2) is 43.5 Å². The smallest absolute Gasteiger partial charge is 0.318 e. The predicted molar refractivity (Wildman–Crippen MR) is 75.2 cm³/mol. The van der Waals surface area contributed by atoms with E-state index in [-0.39, 0.29) is 0 Å². The molecule has 0 amide bonds. The van der Waals surface area contributed by atoms with Crippen molar-refractivity contribution < 1.29 is 9.15 Å². The molecule has 0 aromatic carbocycles. The minimum atomic E-state index is 0.533. The minimum Gasteiger partial charge on any atom is -0.407 e. The van der Waals surface area contributed by atoms with Gasteiger partial charge in [-0.05, 0) is 18.9 Å². The van der Waals surface area contributed by atoms with Gasteiger partial charge in [-0.15, -0.1) is 5.10 Å². The molecule has 1 aromatic heterocycles. The van der Waals surface area contributed by atoms with Crippen molar-refractivity contribution >= 4 is 6.01 Å². The van der Waals surface area contributed by atoms with E-state index in [4.69, 9.17) is 9.15 Å². The molecule has 0 unspecified atom stereocenters. The van der Waals surface area contributed by atoms with Gasteiger partial charge in [0.2, 0.25) is 5.89 Å². The first kappa shape index (κ1) is 15.9. The Bertz CT molecular complexity index is 341. The average molecular weight is 270 g/mol. The summed E-state index contributed by atoms with van der Waals surface area (Å²) in [4.78, 5) is 2.07. The maximum atomic E-state index is 5.68. The molecule has 0 aliphatic carbocycles. The Morgan fingerprint density at radius 3 is 2.79 bits per heavy atom. The van der Waals surface area contributed by atoms with Crippen LogP contribution in [0.1, 0.15) is 33.1 Å². The number of hydrogen-bond donors (Lipinski definition) is 1. The van der Waals surface area contributed by atoms with Crippen LogP contribution in [0.15, 0.2) is 4.42 Å². The van der Waals surface area contributed by atoms with E-state index in [0.717, 1.165) is 26.1 Å². The summed E-state index contributed by atoms with van der Waals surface area (Å²) < 4.78 is 10.8. The van der Waals surface area contributed by atoms with Gasteiger partial charge in [0, 0.05) is 20.2 Å². The molecular weight excluding hydrogens is 244 g/mol. The normalized spacial score (nSPS) is 11.2. The zero-order valence-electron chi connectivity index (χ0n) is 12.5. The van der Waals surface area contributed by atoms with Gasteiger partial charge in [0.25, 0.3) is 0 Å². The van der Waals surface area contributed by atoms with Gasteiger partial charge < -0.3 is 19.4 Å². The fraction of sp³-hybridized carbons (Fsp3) is 0.846. The minimum absolute atomic E-state index is 0.533. The lowest BCUT2D eigenvalue weighted by atomic mass is 10.2. The summed E-state index contributed by atoms with van der Waals surface area (Å²) >= 11 is 0. The molecule has 19 heavy (non-hydrogen) atoms. The Balaban J connectivity index is 2.57. The van der Waals surface area contributed by atoms with Crippen molar-refractivity contribution in [2.75, 3.05) is 38.3 Å². The van der Waals surface area contributed by atoms with Gasteiger partial charge in [-0.1, -0.05) is 25.9 Å². The van der Waals surface area contributed by atoms with E-state index in [2.05, 4.69) is 41.2 Å². The van der Waals surface area contributed by atoms with E-state index < -0.39 is 0 Å². The number of nitrogens with one attached hydrogen (secondary N) is 1. The van der Waals surface area contributed by atoms with Crippen molar-refractivity contribution in [2.45, 2.75) is 33.7 Å². The van der Waals surface area contributed by atoms with Crippen LogP contribution in [0.25, 0.3) is 0 Å². The maximum absolute atomic E-state index is 5.68. The van der Waals surface area contributed by atoms with Crippen molar-refractivity contribution in [1.82, 2.24) is 15.5 Å². The van der Waals surface area contributed by atoms with Crippen LogP contribution in [0.2, 0.25) is 0 Å². The molecule has 6 nitrogen and oxygen atoms in total. The third-order valence-electron chi connectivity index (χ3n) is 2.58. The number of aromatic nitrogens is 2. The summed E-state index contributed by atoms with van der Waals surface area (Å²) in [5.41, 5.74) is 0. The zero-order valence-corrected chi connectivity index (χ0v) is 12.5. The highest BCUT2D eigenvalue weighted by Crippen LogP contribution is 2.13. The first-order chi connectivity index (χ1) is 9.17. The number of methoxy groups -OCH3 is 1. The van der Waals surface area contributed by atoms with Crippen LogP contribution in [0.3, 0.4) is 0 Å². The van der Waals surface area contributed by atoms with Gasteiger partial charge in [0.1, 0.15) is 0 Å². The summed E-state index contributed by atoms with van der Waals surface area (Å²) in [6.45, 7) is 10.3. The summed E-state index contributed by atoms with van der Waals surface area (Å²) in [6, 6.07) is 0.582. The lowest BCUT2D eigenvalue weighted by molar-refractivity contribution is 0.203. The quantitative estimate of drug-likeness (QED) is 0.653. The standard InChI is InChI=1S/C13H26N4O2/c1-5-6-14-9-12-15-16-13(19-12)17(7-8-18-4)10-11(2)3/h11,14H,5-10H2,1-4H3. The molecule has 0 radical (unpaired) electrons. The number of hydrogen-bond acceptors (Lipinski definition) is 6. The van der Waals surface area contributed by atoms with E-state index in [0.29, 0.717) is 31.0 Å². The van der Waals surface area contributed by atoms with Crippen LogP contribution in [0.5, 0.6) is 0 Å².